The van der Waals surface area contributed by atoms with Crippen molar-refractivity contribution in [2.45, 2.75) is 67.5 Å². The van der Waals surface area contributed by atoms with Crippen molar-refractivity contribution in [1.82, 2.24) is 5.32 Å². The van der Waals surface area contributed by atoms with E-state index in [0.29, 0.717) is 24.1 Å². The second-order valence-corrected chi connectivity index (χ2v) is 13.3. The number of carbonyl (C=O) groups excluding carboxylic acids is 2. The molecule has 1 unspecified atom stereocenters. The molecule has 39 heavy (non-hydrogen) atoms. The zero-order valence-corrected chi connectivity index (χ0v) is 23.2. The predicted molar refractivity (Wildman–Crippen MR) is 142 cm³/mol. The molecule has 2 bridgehead atoms. The Kier molecular flexibility index (Phi) is 8.13. The molecule has 0 aliphatic heterocycles. The van der Waals surface area contributed by atoms with Gasteiger partial charge in [-0.15, -0.1) is 0 Å². The molecule has 2 aliphatic rings. The number of anilines is 1. The number of amides is 2. The molecule has 0 saturated heterocycles. The van der Waals surface area contributed by atoms with Crippen LogP contribution in [-0.2, 0) is 14.6 Å². The number of rotatable bonds is 8. The number of carbonyl (C=O) groups is 2. The zero-order chi connectivity index (χ0) is 28.8. The van der Waals surface area contributed by atoms with Crippen LogP contribution in [0.5, 0.6) is 0 Å². The van der Waals surface area contributed by atoms with Crippen LogP contribution in [0.3, 0.4) is 0 Å². The second kappa shape index (κ2) is 10.8. The predicted octanol–water partition coefficient (Wildman–Crippen LogP) is 2.94. The number of hydrogen-bond acceptors (Lipinski definition) is 7. The third-order valence-electron chi connectivity index (χ3n) is 7.85. The number of fused-ring (bicyclic) bond motifs is 2. The van der Waals surface area contributed by atoms with Gasteiger partial charge in [0.1, 0.15) is 5.82 Å². The molecule has 2 aromatic carbocycles. The van der Waals surface area contributed by atoms with Crippen LogP contribution >= 0.6 is 11.6 Å². The first-order chi connectivity index (χ1) is 18.2. The molecule has 0 spiro atoms. The minimum Gasteiger partial charge on any atom is -0.392 e. The molecule has 2 aromatic rings. The molecule has 0 heterocycles. The molecule has 2 fully saturated rings. The first-order valence-electron chi connectivity index (χ1n) is 12.7. The van der Waals surface area contributed by atoms with Crippen LogP contribution in [0.1, 0.15) is 54.9 Å². The summed E-state index contributed by atoms with van der Waals surface area (Å²) in [7, 11) is -4.51. The highest BCUT2D eigenvalue weighted by atomic mass is 35.5. The van der Waals surface area contributed by atoms with E-state index in [1.54, 1.807) is 6.92 Å². The molecule has 0 radical (unpaired) electrons. The topological polar surface area (TPSA) is 153 Å². The third-order valence-corrected chi connectivity index (χ3v) is 10.5. The molecule has 0 aromatic heterocycles. The Balaban J connectivity index is 1.56. The normalized spacial score (nSPS) is 27.2. The van der Waals surface area contributed by atoms with Crippen LogP contribution in [0, 0.1) is 24.6 Å². The van der Waals surface area contributed by atoms with Crippen LogP contribution in [-0.4, -0.2) is 58.7 Å². The molecule has 5 N–H and O–H groups in total. The fourth-order valence-electron chi connectivity index (χ4n) is 5.72. The monoisotopic (exact) mass is 582 g/mol. The summed E-state index contributed by atoms with van der Waals surface area (Å²) in [6, 6.07) is 7.70. The summed E-state index contributed by atoms with van der Waals surface area (Å²) in [5, 5.41) is 37.2. The van der Waals surface area contributed by atoms with Gasteiger partial charge in [-0.05, 0) is 93.3 Å². The first-order valence-corrected chi connectivity index (χ1v) is 14.5. The minimum atomic E-state index is -4.51. The number of aliphatic hydroxyl groups is 3. The number of sulfone groups is 1. The van der Waals surface area contributed by atoms with Gasteiger partial charge in [-0.2, -0.15) is 0 Å². The molecular formula is C27H32ClFN2O7S. The number of hydrogen-bond donors (Lipinski definition) is 5. The molecule has 4 rings (SSSR count). The summed E-state index contributed by atoms with van der Waals surface area (Å²) in [5.74, 6) is -2.89. The Morgan fingerprint density at radius 1 is 1.13 bits per heavy atom. The van der Waals surface area contributed by atoms with Crippen LogP contribution in [0.25, 0.3) is 0 Å². The summed E-state index contributed by atoms with van der Waals surface area (Å²) in [4.78, 5) is 22.6. The number of aryl methyl sites for hydroxylation is 1. The van der Waals surface area contributed by atoms with E-state index in [-0.39, 0.29) is 36.4 Å². The van der Waals surface area contributed by atoms with Crippen molar-refractivity contribution in [2.75, 3.05) is 11.9 Å². The van der Waals surface area contributed by atoms with Gasteiger partial charge >= 0.3 is 0 Å². The molecule has 5 atom stereocenters. The fourth-order valence-corrected chi connectivity index (χ4v) is 8.00. The average Bonchev–Trinajstić information content (AvgIpc) is 3.01. The van der Waals surface area contributed by atoms with Crippen molar-refractivity contribution < 1.29 is 37.7 Å². The lowest BCUT2D eigenvalue weighted by Gasteiger charge is -2.46. The Labute approximate surface area is 231 Å². The van der Waals surface area contributed by atoms with E-state index in [9.17, 15) is 37.7 Å². The van der Waals surface area contributed by atoms with Crippen LogP contribution in [0.15, 0.2) is 41.3 Å². The van der Waals surface area contributed by atoms with Crippen LogP contribution in [0.2, 0.25) is 5.02 Å². The molecule has 2 aliphatic carbocycles. The van der Waals surface area contributed by atoms with Crippen LogP contribution < -0.4 is 10.6 Å². The maximum atomic E-state index is 13.8. The molecule has 12 heteroatoms. The summed E-state index contributed by atoms with van der Waals surface area (Å²) >= 11 is 6.25. The zero-order valence-electron chi connectivity index (χ0n) is 21.6. The van der Waals surface area contributed by atoms with Gasteiger partial charge in [0.05, 0.1) is 28.0 Å². The van der Waals surface area contributed by atoms with Gasteiger partial charge in [-0.3, -0.25) is 9.59 Å². The number of halogens is 2. The van der Waals surface area contributed by atoms with Gasteiger partial charge in [0.2, 0.25) is 15.7 Å². The number of nitrogens with one attached hydrogen (secondary N) is 2. The lowest BCUT2D eigenvalue weighted by molar-refractivity contribution is -0.140. The summed E-state index contributed by atoms with van der Waals surface area (Å²) in [6.07, 6.45) is -0.804. The summed E-state index contributed by atoms with van der Waals surface area (Å²) in [5.41, 5.74) is -0.892. The van der Waals surface area contributed by atoms with Crippen molar-refractivity contribution in [2.24, 2.45) is 11.8 Å². The Morgan fingerprint density at radius 3 is 2.36 bits per heavy atom. The van der Waals surface area contributed by atoms with E-state index >= 15 is 0 Å². The highest BCUT2D eigenvalue weighted by molar-refractivity contribution is 7.92. The SMILES string of the molecule is Cc1cc(NC(=O)c2ccc(Cl)c(S(=O)(=O)[C@]3(O)CC4CC[C@@H](C3)[C@@]4(O)CC(=O)NC[C@H](C)O)c2)ccc1F. The molecule has 2 amide bonds. The molecule has 2 saturated carbocycles. The van der Waals surface area contributed by atoms with Crippen LogP contribution in [0.4, 0.5) is 10.1 Å². The molecule has 9 nitrogen and oxygen atoms in total. The highest BCUT2D eigenvalue weighted by Crippen LogP contribution is 2.56. The van der Waals surface area contributed by atoms with Gasteiger partial charge in [-0.25, -0.2) is 12.8 Å². The fraction of sp³-hybridized carbons (Fsp3) is 0.481. The standard InChI is InChI=1S/C27H32ClFN2O7S/c1-15-9-20(6-8-22(15)29)31-25(34)17-3-7-21(28)23(10-17)39(37,38)26(35)11-18-4-5-19(12-26)27(18,36)13-24(33)30-14-16(2)32/h3,6-10,16,18-19,32,35-36H,4-5,11-14H2,1-2H3,(H,30,33)(H,31,34)/t16-,18-,19?,26-,27-/m0/s1. The van der Waals surface area contributed by atoms with Crippen molar-refractivity contribution >= 4 is 38.9 Å². The van der Waals surface area contributed by atoms with E-state index < -0.39 is 60.8 Å². The lowest BCUT2D eigenvalue weighted by Crippen LogP contribution is -2.56. The number of benzene rings is 2. The van der Waals surface area contributed by atoms with Gasteiger partial charge in [0, 0.05) is 17.8 Å². The van der Waals surface area contributed by atoms with Gasteiger partial charge < -0.3 is 26.0 Å². The summed E-state index contributed by atoms with van der Waals surface area (Å²) in [6.45, 7) is 3.07. The average molecular weight is 583 g/mol. The highest BCUT2D eigenvalue weighted by Gasteiger charge is 2.62. The van der Waals surface area contributed by atoms with Crippen molar-refractivity contribution in [3.05, 3.63) is 58.4 Å². The Bertz CT molecular complexity index is 1380. The van der Waals surface area contributed by atoms with Crippen molar-refractivity contribution in [3.8, 4) is 0 Å². The molecular weight excluding hydrogens is 551 g/mol. The van der Waals surface area contributed by atoms with E-state index in [4.69, 9.17) is 11.6 Å². The van der Waals surface area contributed by atoms with E-state index in [1.165, 1.54) is 37.3 Å². The van der Waals surface area contributed by atoms with E-state index in [1.807, 2.05) is 0 Å². The van der Waals surface area contributed by atoms with Crippen molar-refractivity contribution in [3.63, 3.8) is 0 Å². The first kappa shape index (κ1) is 29.4. The smallest absolute Gasteiger partial charge is 0.255 e. The van der Waals surface area contributed by atoms with E-state index in [0.717, 1.165) is 6.07 Å². The second-order valence-electron chi connectivity index (χ2n) is 10.7. The number of aliphatic hydroxyl groups excluding tert-OH is 1. The maximum absolute atomic E-state index is 13.8. The van der Waals surface area contributed by atoms with E-state index in [2.05, 4.69) is 10.6 Å². The Hall–Kier alpha value is -2.57. The van der Waals surface area contributed by atoms with Gasteiger partial charge in [0.25, 0.3) is 5.91 Å². The lowest BCUT2D eigenvalue weighted by atomic mass is 9.71. The minimum absolute atomic E-state index is 0.0196. The maximum Gasteiger partial charge on any atom is 0.255 e. The quantitative estimate of drug-likeness (QED) is 0.321. The van der Waals surface area contributed by atoms with Gasteiger partial charge in [0.15, 0.2) is 4.93 Å². The van der Waals surface area contributed by atoms with Gasteiger partial charge in [-0.1, -0.05) is 11.6 Å². The molecule has 212 valence electrons. The van der Waals surface area contributed by atoms with Crippen molar-refractivity contribution in [1.29, 1.82) is 0 Å². The summed E-state index contributed by atoms with van der Waals surface area (Å²) < 4.78 is 41.1. The third kappa shape index (κ3) is 5.69. The largest absolute Gasteiger partial charge is 0.392 e. The Morgan fingerprint density at radius 2 is 1.77 bits per heavy atom.